The van der Waals surface area contributed by atoms with E-state index in [0.29, 0.717) is 33.7 Å². The summed E-state index contributed by atoms with van der Waals surface area (Å²) in [5.41, 5.74) is 2.80. The van der Waals surface area contributed by atoms with E-state index >= 15 is 0 Å². The minimum Gasteiger partial charge on any atom is -0.403 e. The maximum atomic E-state index is 12.7. The van der Waals surface area contributed by atoms with Crippen LogP contribution in [0.15, 0.2) is 46.3 Å². The maximum absolute atomic E-state index is 12.7. The second-order valence-electron chi connectivity index (χ2n) is 11.3. The number of aliphatic hydroxyl groups is 2. The third kappa shape index (κ3) is 5.33. The topological polar surface area (TPSA) is 142 Å². The molecule has 2 aromatic heterocycles. The zero-order chi connectivity index (χ0) is 28.8. The number of para-hydroxylation sites is 1. The highest BCUT2D eigenvalue weighted by Gasteiger charge is 2.41. The smallest absolute Gasteiger partial charge is 0.403 e. The normalized spacial score (nSPS) is 20.3. The van der Waals surface area contributed by atoms with Gasteiger partial charge in [-0.1, -0.05) is 11.2 Å². The molecule has 11 nitrogen and oxygen atoms in total. The number of ether oxygens (including phenoxy) is 2. The molecule has 1 saturated carbocycles. The number of nitrogens with zero attached hydrogens (tertiary/aromatic N) is 5. The van der Waals surface area contributed by atoms with Crippen molar-refractivity contribution in [1.82, 2.24) is 9.55 Å². The van der Waals surface area contributed by atoms with Crippen LogP contribution < -0.4 is 19.9 Å². The molecule has 1 aliphatic heterocycles. The Morgan fingerprint density at radius 1 is 1.20 bits per heavy atom. The van der Waals surface area contributed by atoms with Crippen LogP contribution in [0.25, 0.3) is 11.0 Å². The van der Waals surface area contributed by atoms with Crippen LogP contribution in [0.5, 0.6) is 11.5 Å². The summed E-state index contributed by atoms with van der Waals surface area (Å²) in [6, 6.07) is 12.3. The summed E-state index contributed by atoms with van der Waals surface area (Å²) in [5, 5.41) is 33.8. The highest BCUT2D eigenvalue weighted by atomic mass is 17.0. The Labute approximate surface area is 231 Å². The van der Waals surface area contributed by atoms with Crippen molar-refractivity contribution < 1.29 is 24.5 Å². The molecule has 0 amide bonds. The molecule has 3 aromatic rings. The van der Waals surface area contributed by atoms with Gasteiger partial charge in [0.25, 0.3) is 5.56 Å². The number of aromatic nitrogens is 2. The first-order chi connectivity index (χ1) is 18.9. The van der Waals surface area contributed by atoms with Crippen LogP contribution >= 0.6 is 0 Å². The standard InChI is InChI=1S/C29H33N5O6/c1-28(2,3)40-32-25(20-7-6-8-23-27(20)39-29(36,37)38-23)17-9-12-19(13-10-17)33(4)22-15-24(35)34(5)21-14-11-18(16-30)31-26(21)22/h6-8,11,14-15,17,19,36-37H,9-10,12-13H2,1-5H3/b32-25-. The van der Waals surface area contributed by atoms with Crippen LogP contribution in [-0.4, -0.2) is 50.3 Å². The number of hydrogen-bond acceptors (Lipinski definition) is 10. The molecule has 0 bridgehead atoms. The summed E-state index contributed by atoms with van der Waals surface area (Å²) < 4.78 is 12.0. The van der Waals surface area contributed by atoms with Crippen LogP contribution in [0.3, 0.4) is 0 Å². The zero-order valence-electron chi connectivity index (χ0n) is 23.2. The second kappa shape index (κ2) is 10.1. The summed E-state index contributed by atoms with van der Waals surface area (Å²) in [5.74, 6) is 0.410. The van der Waals surface area contributed by atoms with Crippen LogP contribution in [-0.2, 0) is 11.9 Å². The van der Waals surface area contributed by atoms with Crippen molar-refractivity contribution in [1.29, 1.82) is 5.26 Å². The lowest BCUT2D eigenvalue weighted by molar-refractivity contribution is -0.385. The Morgan fingerprint density at radius 2 is 1.93 bits per heavy atom. The summed E-state index contributed by atoms with van der Waals surface area (Å²) in [4.78, 5) is 25.2. The Kier molecular flexibility index (Phi) is 6.94. The van der Waals surface area contributed by atoms with Crippen LogP contribution in [0.4, 0.5) is 5.69 Å². The molecule has 3 heterocycles. The number of benzene rings is 1. The lowest BCUT2D eigenvalue weighted by Gasteiger charge is -2.36. The van der Waals surface area contributed by atoms with Crippen molar-refractivity contribution in [3.05, 3.63) is 58.0 Å². The van der Waals surface area contributed by atoms with Gasteiger partial charge in [0.15, 0.2) is 11.5 Å². The Hall–Kier alpha value is -4.14. The molecular weight excluding hydrogens is 514 g/mol. The predicted molar refractivity (Wildman–Crippen MR) is 148 cm³/mol. The Balaban J connectivity index is 1.43. The molecular formula is C29H33N5O6. The molecule has 1 aromatic carbocycles. The summed E-state index contributed by atoms with van der Waals surface area (Å²) in [7, 11) is 3.65. The molecule has 0 atom stereocenters. The monoisotopic (exact) mass is 547 g/mol. The molecule has 0 radical (unpaired) electrons. The van der Waals surface area contributed by atoms with Gasteiger partial charge in [-0.15, -0.1) is 0 Å². The maximum Gasteiger partial charge on any atom is 0.505 e. The minimum absolute atomic E-state index is 0.00168. The molecule has 11 heteroatoms. The SMILES string of the molecule is CN(c1cc(=O)n(C)c2ccc(C#N)nc12)C1CCC(/C(=N/OC(C)(C)C)c2cccc3c2OC(O)(O)O3)CC1. The third-order valence-electron chi connectivity index (χ3n) is 7.34. The van der Waals surface area contributed by atoms with Gasteiger partial charge in [0.05, 0.1) is 16.9 Å². The number of anilines is 1. The van der Waals surface area contributed by atoms with Gasteiger partial charge in [-0.05, 0) is 70.7 Å². The number of oxime groups is 1. The number of rotatable bonds is 5. The van der Waals surface area contributed by atoms with Crippen molar-refractivity contribution in [2.75, 3.05) is 11.9 Å². The van der Waals surface area contributed by atoms with Gasteiger partial charge in [-0.25, -0.2) is 4.98 Å². The second-order valence-corrected chi connectivity index (χ2v) is 11.3. The number of aryl methyl sites for hydroxylation is 1. The first kappa shape index (κ1) is 27.4. The highest BCUT2D eigenvalue weighted by Crippen LogP contribution is 2.43. The van der Waals surface area contributed by atoms with E-state index in [4.69, 9.17) is 14.3 Å². The average Bonchev–Trinajstić information content (AvgIpc) is 3.24. The van der Waals surface area contributed by atoms with Gasteiger partial charge in [-0.3, -0.25) is 15.0 Å². The predicted octanol–water partition coefficient (Wildman–Crippen LogP) is 3.39. The molecule has 2 aliphatic rings. The van der Waals surface area contributed by atoms with E-state index in [-0.39, 0.29) is 29.0 Å². The fourth-order valence-corrected chi connectivity index (χ4v) is 5.31. The lowest BCUT2D eigenvalue weighted by Crippen LogP contribution is -2.38. The van der Waals surface area contributed by atoms with Gasteiger partial charge in [0.1, 0.15) is 22.9 Å². The van der Waals surface area contributed by atoms with Crippen LogP contribution in [0.2, 0.25) is 0 Å². The van der Waals surface area contributed by atoms with Crippen molar-refractivity contribution in [3.8, 4) is 17.6 Å². The van der Waals surface area contributed by atoms with Crippen molar-refractivity contribution in [2.45, 2.75) is 64.3 Å². The van der Waals surface area contributed by atoms with Gasteiger partial charge in [0.2, 0.25) is 0 Å². The first-order valence-corrected chi connectivity index (χ1v) is 13.2. The van der Waals surface area contributed by atoms with Crippen LogP contribution in [0, 0.1) is 17.2 Å². The van der Waals surface area contributed by atoms with E-state index in [9.17, 15) is 20.3 Å². The van der Waals surface area contributed by atoms with Crippen molar-refractivity contribution in [2.24, 2.45) is 18.1 Å². The number of pyridine rings is 2. The van der Waals surface area contributed by atoms with Gasteiger partial charge in [-0.2, -0.15) is 5.26 Å². The molecule has 0 unspecified atom stereocenters. The van der Waals surface area contributed by atoms with Crippen molar-refractivity contribution >= 4 is 22.4 Å². The molecule has 210 valence electrons. The zero-order valence-corrected chi connectivity index (χ0v) is 23.2. The highest BCUT2D eigenvalue weighted by molar-refractivity contribution is 6.05. The summed E-state index contributed by atoms with van der Waals surface area (Å²) in [6.07, 6.45) is 0.356. The molecule has 1 aliphatic carbocycles. The van der Waals surface area contributed by atoms with Gasteiger partial charge >= 0.3 is 6.16 Å². The van der Waals surface area contributed by atoms with E-state index in [1.54, 1.807) is 43.4 Å². The largest absolute Gasteiger partial charge is 0.505 e. The number of nitriles is 1. The number of hydrogen-bond donors (Lipinski definition) is 2. The molecule has 1 fully saturated rings. The molecule has 40 heavy (non-hydrogen) atoms. The van der Waals surface area contributed by atoms with E-state index in [2.05, 4.69) is 21.1 Å². The number of fused-ring (bicyclic) bond motifs is 2. The average molecular weight is 548 g/mol. The summed E-state index contributed by atoms with van der Waals surface area (Å²) >= 11 is 0. The van der Waals surface area contributed by atoms with Crippen LogP contribution in [0.1, 0.15) is 57.7 Å². The van der Waals surface area contributed by atoms with E-state index in [1.165, 1.54) is 4.57 Å². The molecule has 2 N–H and O–H groups in total. The van der Waals surface area contributed by atoms with Gasteiger partial charge < -0.3 is 23.8 Å². The molecule has 5 rings (SSSR count). The Morgan fingerprint density at radius 3 is 2.60 bits per heavy atom. The van der Waals surface area contributed by atoms with E-state index < -0.39 is 11.8 Å². The molecule has 0 saturated heterocycles. The lowest BCUT2D eigenvalue weighted by atomic mass is 9.80. The Bertz CT molecular complexity index is 1570. The third-order valence-corrected chi connectivity index (χ3v) is 7.34. The molecule has 0 spiro atoms. The quantitative estimate of drug-likeness (QED) is 0.279. The minimum atomic E-state index is -2.75. The van der Waals surface area contributed by atoms with Crippen molar-refractivity contribution in [3.63, 3.8) is 0 Å². The van der Waals surface area contributed by atoms with Gasteiger partial charge in [0, 0.05) is 37.7 Å². The fourth-order valence-electron chi connectivity index (χ4n) is 5.31. The van der Waals surface area contributed by atoms with E-state index in [1.807, 2.05) is 27.8 Å². The fraction of sp³-hybridized carbons (Fsp3) is 0.448. The van der Waals surface area contributed by atoms with E-state index in [0.717, 1.165) is 25.7 Å². The first-order valence-electron chi connectivity index (χ1n) is 13.2. The summed E-state index contributed by atoms with van der Waals surface area (Å²) in [6.45, 7) is 5.71.